The first-order valence-electron chi connectivity index (χ1n) is 11.3. The summed E-state index contributed by atoms with van der Waals surface area (Å²) >= 11 is 0. The molecule has 2 aromatic rings. The van der Waals surface area contributed by atoms with Crippen LogP contribution in [0.5, 0.6) is 0 Å². The maximum absolute atomic E-state index is 12.0. The number of nitrogens with zero attached hydrogens (tertiary/aromatic N) is 3. The van der Waals surface area contributed by atoms with E-state index in [1.165, 1.54) is 24.1 Å². The number of rotatable bonds is 11. The second kappa shape index (κ2) is 11.6. The van der Waals surface area contributed by atoms with Crippen molar-refractivity contribution in [3.05, 3.63) is 47.2 Å². The zero-order valence-electron chi connectivity index (χ0n) is 18.3. The fraction of sp³-hybridized carbons (Fsp3) is 0.583. The molecule has 0 radical (unpaired) electrons. The predicted octanol–water partition coefficient (Wildman–Crippen LogP) is 4.77. The molecule has 0 saturated heterocycles. The van der Waals surface area contributed by atoms with Gasteiger partial charge < -0.3 is 10.1 Å². The van der Waals surface area contributed by atoms with Crippen molar-refractivity contribution in [2.75, 3.05) is 18.5 Å². The highest BCUT2D eigenvalue weighted by molar-refractivity contribution is 5.70. The molecule has 1 atom stereocenters. The Morgan fingerprint density at radius 2 is 1.97 bits per heavy atom. The molecule has 1 aliphatic rings. The van der Waals surface area contributed by atoms with E-state index < -0.39 is 0 Å². The van der Waals surface area contributed by atoms with Gasteiger partial charge in [-0.15, -0.1) is 0 Å². The van der Waals surface area contributed by atoms with Crippen LogP contribution in [0, 0.1) is 6.92 Å². The molecule has 2 aromatic heterocycles. The van der Waals surface area contributed by atoms with Gasteiger partial charge in [-0.25, -0.2) is 15.0 Å². The summed E-state index contributed by atoms with van der Waals surface area (Å²) in [7, 11) is 0. The van der Waals surface area contributed by atoms with Gasteiger partial charge >= 0.3 is 5.97 Å². The zero-order chi connectivity index (χ0) is 21.2. The number of anilines is 1. The van der Waals surface area contributed by atoms with Crippen molar-refractivity contribution < 1.29 is 9.53 Å². The van der Waals surface area contributed by atoms with Crippen molar-refractivity contribution in [3.8, 4) is 0 Å². The third-order valence-electron chi connectivity index (χ3n) is 5.68. The summed E-state index contributed by atoms with van der Waals surface area (Å²) in [5.74, 6) is 1.81. The van der Waals surface area contributed by atoms with Crippen LogP contribution < -0.4 is 5.32 Å². The van der Waals surface area contributed by atoms with Gasteiger partial charge in [0.05, 0.1) is 13.0 Å². The molecule has 6 heteroatoms. The Morgan fingerprint density at radius 1 is 1.17 bits per heavy atom. The van der Waals surface area contributed by atoms with Crippen molar-refractivity contribution in [2.24, 2.45) is 0 Å². The smallest absolute Gasteiger partial charge is 0.306 e. The maximum atomic E-state index is 12.0. The Labute approximate surface area is 179 Å². The standard InChI is InChI=1S/C24H34N4O2/c1-3-30-23(29)15-20(21-16-26-18(2)27-17-21)9-6-4-5-7-11-22-13-12-19-10-8-14-25-24(19)28-22/h12-13,16-17,20H,3-11,14-15H2,1-2H3,(H,25,28)/t20-/m0/s1. The number of hydrogen-bond acceptors (Lipinski definition) is 6. The second-order valence-electron chi connectivity index (χ2n) is 8.06. The van der Waals surface area contributed by atoms with E-state index in [0.717, 1.165) is 62.3 Å². The third-order valence-corrected chi connectivity index (χ3v) is 5.68. The molecular weight excluding hydrogens is 376 g/mol. The molecular formula is C24H34N4O2. The van der Waals surface area contributed by atoms with E-state index in [-0.39, 0.29) is 11.9 Å². The minimum atomic E-state index is -0.143. The van der Waals surface area contributed by atoms with Crippen LogP contribution >= 0.6 is 0 Å². The van der Waals surface area contributed by atoms with Crippen molar-refractivity contribution in [1.29, 1.82) is 0 Å². The predicted molar refractivity (Wildman–Crippen MR) is 119 cm³/mol. The summed E-state index contributed by atoms with van der Waals surface area (Å²) in [5.41, 5.74) is 3.55. The SMILES string of the molecule is CCOC(=O)C[C@H](CCCCCCc1ccc2c(n1)NCCC2)c1cnc(C)nc1. The highest BCUT2D eigenvalue weighted by Crippen LogP contribution is 2.26. The first-order chi connectivity index (χ1) is 14.7. The molecule has 0 bridgehead atoms. The number of carbonyl (C=O) groups is 1. The first kappa shape index (κ1) is 22.2. The summed E-state index contributed by atoms with van der Waals surface area (Å²) in [4.78, 5) is 25.4. The van der Waals surface area contributed by atoms with Crippen LogP contribution in [0.4, 0.5) is 5.82 Å². The number of fused-ring (bicyclic) bond motifs is 1. The summed E-state index contributed by atoms with van der Waals surface area (Å²) in [6.07, 6.45) is 12.9. The van der Waals surface area contributed by atoms with E-state index in [1.807, 2.05) is 26.2 Å². The number of unbranched alkanes of at least 4 members (excludes halogenated alkanes) is 3. The van der Waals surface area contributed by atoms with E-state index in [9.17, 15) is 4.79 Å². The summed E-state index contributed by atoms with van der Waals surface area (Å²) in [6.45, 7) is 5.16. The van der Waals surface area contributed by atoms with E-state index in [4.69, 9.17) is 9.72 Å². The molecule has 3 heterocycles. The van der Waals surface area contributed by atoms with Crippen LogP contribution in [0.25, 0.3) is 0 Å². The number of carbonyl (C=O) groups excluding carboxylic acids is 1. The second-order valence-corrected chi connectivity index (χ2v) is 8.06. The molecule has 0 saturated carbocycles. The Bertz CT molecular complexity index is 807. The van der Waals surface area contributed by atoms with Gasteiger partial charge in [0.25, 0.3) is 0 Å². The average Bonchev–Trinajstić information content (AvgIpc) is 2.76. The van der Waals surface area contributed by atoms with Gasteiger partial charge in [0.15, 0.2) is 0 Å². The summed E-state index contributed by atoms with van der Waals surface area (Å²) < 4.78 is 5.16. The van der Waals surface area contributed by atoms with Crippen LogP contribution in [0.15, 0.2) is 24.5 Å². The van der Waals surface area contributed by atoms with Gasteiger partial charge in [-0.1, -0.05) is 25.3 Å². The average molecular weight is 411 g/mol. The van der Waals surface area contributed by atoms with Crippen molar-refractivity contribution in [2.45, 2.75) is 77.6 Å². The lowest BCUT2D eigenvalue weighted by atomic mass is 9.92. The highest BCUT2D eigenvalue weighted by atomic mass is 16.5. The molecule has 3 rings (SSSR count). The Morgan fingerprint density at radius 3 is 2.77 bits per heavy atom. The quantitative estimate of drug-likeness (QED) is 0.425. The number of pyridine rings is 1. The lowest BCUT2D eigenvalue weighted by Crippen LogP contribution is -2.14. The molecule has 0 spiro atoms. The van der Waals surface area contributed by atoms with Gasteiger partial charge in [0, 0.05) is 24.6 Å². The fourth-order valence-electron chi connectivity index (χ4n) is 3.98. The number of aromatic nitrogens is 3. The van der Waals surface area contributed by atoms with Crippen LogP contribution in [0.1, 0.15) is 80.4 Å². The van der Waals surface area contributed by atoms with Crippen LogP contribution in [-0.4, -0.2) is 34.1 Å². The maximum Gasteiger partial charge on any atom is 0.306 e. The first-order valence-corrected chi connectivity index (χ1v) is 11.3. The van der Waals surface area contributed by atoms with E-state index in [0.29, 0.717) is 13.0 Å². The molecule has 0 aliphatic carbocycles. The van der Waals surface area contributed by atoms with E-state index >= 15 is 0 Å². The minimum absolute atomic E-state index is 0.123. The largest absolute Gasteiger partial charge is 0.466 e. The van der Waals surface area contributed by atoms with Crippen molar-refractivity contribution in [3.63, 3.8) is 0 Å². The molecule has 1 N–H and O–H groups in total. The van der Waals surface area contributed by atoms with Gasteiger partial charge in [-0.3, -0.25) is 4.79 Å². The lowest BCUT2D eigenvalue weighted by Gasteiger charge is -2.17. The molecule has 0 fully saturated rings. The molecule has 162 valence electrons. The lowest BCUT2D eigenvalue weighted by molar-refractivity contribution is -0.143. The topological polar surface area (TPSA) is 77.0 Å². The Kier molecular flexibility index (Phi) is 8.60. The van der Waals surface area contributed by atoms with Crippen LogP contribution in [0.3, 0.4) is 0 Å². The van der Waals surface area contributed by atoms with Gasteiger partial charge in [-0.2, -0.15) is 0 Å². The fourth-order valence-corrected chi connectivity index (χ4v) is 3.98. The Hall–Kier alpha value is -2.50. The summed E-state index contributed by atoms with van der Waals surface area (Å²) in [6, 6.07) is 4.41. The molecule has 0 amide bonds. The van der Waals surface area contributed by atoms with Crippen molar-refractivity contribution in [1.82, 2.24) is 15.0 Å². The molecule has 0 unspecified atom stereocenters. The van der Waals surface area contributed by atoms with Crippen molar-refractivity contribution >= 4 is 11.8 Å². The number of esters is 1. The molecule has 6 nitrogen and oxygen atoms in total. The van der Waals surface area contributed by atoms with Gasteiger partial charge in [0.2, 0.25) is 0 Å². The zero-order valence-corrected chi connectivity index (χ0v) is 18.3. The molecule has 0 aromatic carbocycles. The third kappa shape index (κ3) is 6.78. The van der Waals surface area contributed by atoms with Crippen LogP contribution in [-0.2, 0) is 22.4 Å². The summed E-state index contributed by atoms with van der Waals surface area (Å²) in [5, 5.41) is 3.41. The highest BCUT2D eigenvalue weighted by Gasteiger charge is 2.17. The monoisotopic (exact) mass is 410 g/mol. The van der Waals surface area contributed by atoms with E-state index in [2.05, 4.69) is 27.4 Å². The number of aryl methyl sites for hydroxylation is 3. The van der Waals surface area contributed by atoms with Crippen LogP contribution in [0.2, 0.25) is 0 Å². The van der Waals surface area contributed by atoms with E-state index in [1.54, 1.807) is 0 Å². The van der Waals surface area contributed by atoms with Gasteiger partial charge in [0.1, 0.15) is 11.6 Å². The number of nitrogens with one attached hydrogen (secondary N) is 1. The number of ether oxygens (including phenoxy) is 1. The Balaban J connectivity index is 1.42. The number of hydrogen-bond donors (Lipinski definition) is 1. The van der Waals surface area contributed by atoms with Gasteiger partial charge in [-0.05, 0) is 69.1 Å². The molecule has 30 heavy (non-hydrogen) atoms. The minimum Gasteiger partial charge on any atom is -0.466 e. The normalized spacial score (nSPS) is 13.9. The molecule has 1 aliphatic heterocycles.